The number of fused-ring (bicyclic) bond motifs is 1. The van der Waals surface area contributed by atoms with Crippen molar-refractivity contribution < 1.29 is 5.11 Å². The second-order valence-corrected chi connectivity index (χ2v) is 5.32. The van der Waals surface area contributed by atoms with Gasteiger partial charge in [-0.15, -0.1) is 0 Å². The molecular weight excluding hydrogens is 210 g/mol. The van der Waals surface area contributed by atoms with Gasteiger partial charge in [-0.05, 0) is 42.9 Å². The van der Waals surface area contributed by atoms with Gasteiger partial charge in [0.1, 0.15) is 0 Å². The fourth-order valence-electron chi connectivity index (χ4n) is 3.33. The van der Waals surface area contributed by atoms with E-state index >= 15 is 0 Å². The zero-order valence-electron chi connectivity index (χ0n) is 10.4. The fraction of sp³-hybridized carbons (Fsp3) is 0.600. The Hall–Kier alpha value is -1.02. The molecule has 2 nitrogen and oxygen atoms in total. The maximum Gasteiger partial charge on any atom is 0.0471 e. The second-order valence-electron chi connectivity index (χ2n) is 5.32. The zero-order chi connectivity index (χ0) is 11.7. The molecule has 0 spiro atoms. The summed E-state index contributed by atoms with van der Waals surface area (Å²) in [6.07, 6.45) is 7.50. The van der Waals surface area contributed by atoms with E-state index in [4.69, 9.17) is 5.11 Å². The third kappa shape index (κ3) is 2.06. The molecular formula is C15H21NO. The molecule has 0 saturated heterocycles. The minimum absolute atomic E-state index is 0.252. The van der Waals surface area contributed by atoms with Crippen LogP contribution >= 0.6 is 0 Å². The largest absolute Gasteiger partial charge is 0.396 e. The van der Waals surface area contributed by atoms with Gasteiger partial charge in [-0.2, -0.15) is 0 Å². The Balaban J connectivity index is 1.86. The minimum Gasteiger partial charge on any atom is -0.396 e. The standard InChI is InChI=1S/C15H21NO/c17-10-8-12-5-6-13-7-9-16(15(13)11-12)14-3-1-2-4-14/h5-6,11,14,17H,1-4,7-10H2. The van der Waals surface area contributed by atoms with Gasteiger partial charge in [0.15, 0.2) is 0 Å². The van der Waals surface area contributed by atoms with Gasteiger partial charge < -0.3 is 10.0 Å². The van der Waals surface area contributed by atoms with Crippen molar-refractivity contribution in [3.8, 4) is 0 Å². The summed E-state index contributed by atoms with van der Waals surface area (Å²) in [5.74, 6) is 0. The van der Waals surface area contributed by atoms with Gasteiger partial charge in [-0.3, -0.25) is 0 Å². The lowest BCUT2D eigenvalue weighted by atomic mass is 10.1. The van der Waals surface area contributed by atoms with Crippen molar-refractivity contribution in [2.45, 2.75) is 44.6 Å². The first kappa shape index (κ1) is 11.1. The number of rotatable bonds is 3. The molecule has 0 atom stereocenters. The summed E-state index contributed by atoms with van der Waals surface area (Å²) in [5.41, 5.74) is 4.22. The van der Waals surface area contributed by atoms with E-state index in [1.165, 1.54) is 55.5 Å². The van der Waals surface area contributed by atoms with Gasteiger partial charge >= 0.3 is 0 Å². The summed E-state index contributed by atoms with van der Waals surface area (Å²) in [4.78, 5) is 2.61. The van der Waals surface area contributed by atoms with E-state index in [9.17, 15) is 0 Å². The molecule has 92 valence electrons. The molecule has 0 amide bonds. The number of aliphatic hydroxyl groups excluding tert-OH is 1. The van der Waals surface area contributed by atoms with Crippen LogP contribution in [0.4, 0.5) is 5.69 Å². The van der Waals surface area contributed by atoms with Crippen LogP contribution in [0.15, 0.2) is 18.2 Å². The summed E-state index contributed by atoms with van der Waals surface area (Å²) in [7, 11) is 0. The number of benzene rings is 1. The van der Waals surface area contributed by atoms with Gasteiger partial charge in [-0.1, -0.05) is 25.0 Å². The number of hydrogen-bond donors (Lipinski definition) is 1. The molecule has 1 N–H and O–H groups in total. The topological polar surface area (TPSA) is 23.5 Å². The molecule has 3 rings (SSSR count). The monoisotopic (exact) mass is 231 g/mol. The number of anilines is 1. The molecule has 1 fully saturated rings. The summed E-state index contributed by atoms with van der Waals surface area (Å²) < 4.78 is 0. The Kier molecular flexibility index (Phi) is 3.06. The van der Waals surface area contributed by atoms with Crippen molar-refractivity contribution in [3.05, 3.63) is 29.3 Å². The van der Waals surface area contributed by atoms with Crippen molar-refractivity contribution in [1.29, 1.82) is 0 Å². The molecule has 17 heavy (non-hydrogen) atoms. The first-order chi connectivity index (χ1) is 8.38. The molecule has 1 saturated carbocycles. The third-order valence-corrected chi connectivity index (χ3v) is 4.25. The lowest BCUT2D eigenvalue weighted by molar-refractivity contribution is 0.299. The molecule has 0 bridgehead atoms. The van der Waals surface area contributed by atoms with Gasteiger partial charge in [0.05, 0.1) is 0 Å². The van der Waals surface area contributed by atoms with Crippen molar-refractivity contribution in [3.63, 3.8) is 0 Å². The van der Waals surface area contributed by atoms with E-state index in [2.05, 4.69) is 23.1 Å². The molecule has 1 aromatic rings. The van der Waals surface area contributed by atoms with Crippen LogP contribution in [-0.4, -0.2) is 24.3 Å². The van der Waals surface area contributed by atoms with E-state index in [-0.39, 0.29) is 6.61 Å². The molecule has 0 aromatic heterocycles. The molecule has 0 radical (unpaired) electrons. The van der Waals surface area contributed by atoms with Crippen molar-refractivity contribution >= 4 is 5.69 Å². The zero-order valence-corrected chi connectivity index (χ0v) is 10.4. The third-order valence-electron chi connectivity index (χ3n) is 4.25. The Morgan fingerprint density at radius 1 is 1.24 bits per heavy atom. The molecule has 1 heterocycles. The summed E-state index contributed by atoms with van der Waals surface area (Å²) in [5, 5.41) is 9.03. The van der Waals surface area contributed by atoms with Crippen LogP contribution in [0.2, 0.25) is 0 Å². The first-order valence-corrected chi connectivity index (χ1v) is 6.88. The van der Waals surface area contributed by atoms with Crippen LogP contribution in [0, 0.1) is 0 Å². The van der Waals surface area contributed by atoms with Crippen molar-refractivity contribution in [2.75, 3.05) is 18.1 Å². The van der Waals surface area contributed by atoms with E-state index in [1.807, 2.05) is 0 Å². The molecule has 1 aromatic carbocycles. The number of hydrogen-bond acceptors (Lipinski definition) is 2. The lowest BCUT2D eigenvalue weighted by Gasteiger charge is -2.27. The van der Waals surface area contributed by atoms with E-state index in [1.54, 1.807) is 0 Å². The summed E-state index contributed by atoms with van der Waals surface area (Å²) >= 11 is 0. The molecule has 2 heteroatoms. The predicted molar refractivity (Wildman–Crippen MR) is 70.5 cm³/mol. The average Bonchev–Trinajstić information content (AvgIpc) is 2.96. The molecule has 2 aliphatic rings. The van der Waals surface area contributed by atoms with E-state index in [0.29, 0.717) is 0 Å². The average molecular weight is 231 g/mol. The SMILES string of the molecule is OCCc1ccc2c(c1)N(C1CCCC1)CC2. The normalized spacial score (nSPS) is 19.9. The highest BCUT2D eigenvalue weighted by atomic mass is 16.2. The quantitative estimate of drug-likeness (QED) is 0.864. The van der Waals surface area contributed by atoms with Crippen LogP contribution in [-0.2, 0) is 12.8 Å². The first-order valence-electron chi connectivity index (χ1n) is 6.88. The predicted octanol–water partition coefficient (Wildman–Crippen LogP) is 2.53. The maximum absolute atomic E-state index is 9.03. The van der Waals surface area contributed by atoms with Gasteiger partial charge in [0, 0.05) is 24.9 Å². The van der Waals surface area contributed by atoms with Crippen molar-refractivity contribution in [2.24, 2.45) is 0 Å². The van der Waals surface area contributed by atoms with Crippen LogP contribution in [0.25, 0.3) is 0 Å². The Morgan fingerprint density at radius 2 is 2.06 bits per heavy atom. The highest BCUT2D eigenvalue weighted by Crippen LogP contribution is 2.35. The Labute approximate surface area is 103 Å². The molecule has 0 unspecified atom stereocenters. The van der Waals surface area contributed by atoms with Crippen LogP contribution in [0.3, 0.4) is 0 Å². The van der Waals surface area contributed by atoms with Crippen molar-refractivity contribution in [1.82, 2.24) is 0 Å². The molecule has 1 aliphatic heterocycles. The Bertz CT molecular complexity index is 396. The molecule has 1 aliphatic carbocycles. The Morgan fingerprint density at radius 3 is 2.82 bits per heavy atom. The smallest absolute Gasteiger partial charge is 0.0471 e. The van der Waals surface area contributed by atoms with Crippen LogP contribution in [0.1, 0.15) is 36.8 Å². The summed E-state index contributed by atoms with van der Waals surface area (Å²) in [6, 6.07) is 7.51. The van der Waals surface area contributed by atoms with E-state index in [0.717, 1.165) is 12.5 Å². The maximum atomic E-state index is 9.03. The number of nitrogens with zero attached hydrogens (tertiary/aromatic N) is 1. The van der Waals surface area contributed by atoms with Gasteiger partial charge in [0.2, 0.25) is 0 Å². The minimum atomic E-state index is 0.252. The van der Waals surface area contributed by atoms with Gasteiger partial charge in [0.25, 0.3) is 0 Å². The number of aliphatic hydroxyl groups is 1. The van der Waals surface area contributed by atoms with E-state index < -0.39 is 0 Å². The summed E-state index contributed by atoms with van der Waals surface area (Å²) in [6.45, 7) is 1.45. The lowest BCUT2D eigenvalue weighted by Crippen LogP contribution is -2.31. The fourth-order valence-corrected chi connectivity index (χ4v) is 3.33. The van der Waals surface area contributed by atoms with Gasteiger partial charge in [-0.25, -0.2) is 0 Å². The second kappa shape index (κ2) is 4.69. The highest BCUT2D eigenvalue weighted by molar-refractivity contribution is 5.60. The van der Waals surface area contributed by atoms with Crippen LogP contribution in [0.5, 0.6) is 0 Å². The van der Waals surface area contributed by atoms with Crippen LogP contribution < -0.4 is 4.90 Å². The highest BCUT2D eigenvalue weighted by Gasteiger charge is 2.28.